The summed E-state index contributed by atoms with van der Waals surface area (Å²) in [7, 11) is 0. The molecule has 0 radical (unpaired) electrons. The van der Waals surface area contributed by atoms with Crippen LogP contribution in [0, 0.1) is 0 Å². The van der Waals surface area contributed by atoms with E-state index >= 15 is 0 Å². The van der Waals surface area contributed by atoms with Crippen molar-refractivity contribution >= 4 is 16.9 Å². The van der Waals surface area contributed by atoms with Crippen molar-refractivity contribution in [2.45, 2.75) is 6.92 Å². The molecule has 0 fully saturated rings. The van der Waals surface area contributed by atoms with Crippen LogP contribution in [-0.2, 0) is 4.74 Å². The number of carbonyl (C=O) groups is 1. The minimum Gasteiger partial charge on any atom is -0.462 e. The van der Waals surface area contributed by atoms with E-state index in [1.54, 1.807) is 19.1 Å². The molecule has 4 nitrogen and oxygen atoms in total. The zero-order valence-corrected chi connectivity index (χ0v) is 10.4. The van der Waals surface area contributed by atoms with Crippen LogP contribution in [0.1, 0.15) is 17.3 Å². The van der Waals surface area contributed by atoms with E-state index in [1.165, 1.54) is 6.26 Å². The minimum absolute atomic E-state index is 0.315. The van der Waals surface area contributed by atoms with Gasteiger partial charge in [0, 0.05) is 5.39 Å². The van der Waals surface area contributed by atoms with Crippen molar-refractivity contribution < 1.29 is 18.4 Å². The highest BCUT2D eigenvalue weighted by Gasteiger charge is 2.24. The second-order valence-corrected chi connectivity index (χ2v) is 4.00. The molecule has 0 aliphatic rings. The molecule has 1 aromatic carbocycles. The minimum atomic E-state index is -0.404. The van der Waals surface area contributed by atoms with E-state index in [0.717, 1.165) is 5.39 Å². The molecule has 0 atom stereocenters. The van der Waals surface area contributed by atoms with E-state index in [9.17, 15) is 4.79 Å². The average molecular weight is 256 g/mol. The smallest absolute Gasteiger partial charge is 0.342 e. The summed E-state index contributed by atoms with van der Waals surface area (Å²) in [5.41, 5.74) is 1.05. The number of furan rings is 2. The molecule has 0 aliphatic carbocycles. The first-order chi connectivity index (χ1) is 9.31. The lowest BCUT2D eigenvalue weighted by Crippen LogP contribution is -2.05. The molecule has 0 bridgehead atoms. The van der Waals surface area contributed by atoms with Crippen LogP contribution in [0.15, 0.2) is 51.5 Å². The van der Waals surface area contributed by atoms with Crippen LogP contribution in [0.4, 0.5) is 0 Å². The van der Waals surface area contributed by atoms with Crippen molar-refractivity contribution in [3.8, 4) is 11.5 Å². The van der Waals surface area contributed by atoms with Gasteiger partial charge in [0.2, 0.25) is 0 Å². The highest BCUT2D eigenvalue weighted by atomic mass is 16.5. The van der Waals surface area contributed by atoms with Crippen LogP contribution in [-0.4, -0.2) is 12.6 Å². The van der Waals surface area contributed by atoms with E-state index in [4.69, 9.17) is 13.6 Å². The molecular formula is C15H12O4. The molecule has 0 aliphatic heterocycles. The number of ether oxygens (including phenoxy) is 1. The monoisotopic (exact) mass is 256 g/mol. The Kier molecular flexibility index (Phi) is 2.83. The summed E-state index contributed by atoms with van der Waals surface area (Å²) in [4.78, 5) is 12.1. The lowest BCUT2D eigenvalue weighted by molar-refractivity contribution is 0.0528. The van der Waals surface area contributed by atoms with Gasteiger partial charge in [-0.3, -0.25) is 0 Å². The Hall–Kier alpha value is -2.49. The molecule has 0 amide bonds. The van der Waals surface area contributed by atoms with Gasteiger partial charge < -0.3 is 13.6 Å². The van der Waals surface area contributed by atoms with Crippen LogP contribution in [0.25, 0.3) is 22.5 Å². The number of esters is 1. The number of para-hydroxylation sites is 1. The maximum atomic E-state index is 12.1. The molecule has 0 N–H and O–H groups in total. The fraction of sp³-hybridized carbons (Fsp3) is 0.133. The van der Waals surface area contributed by atoms with Crippen molar-refractivity contribution in [1.29, 1.82) is 0 Å². The Morgan fingerprint density at radius 2 is 2.05 bits per heavy atom. The molecule has 96 valence electrons. The summed E-state index contributed by atoms with van der Waals surface area (Å²) in [5.74, 6) is 0.516. The SMILES string of the molecule is CCOC(=O)c1c(-c2ccco2)oc2ccccc12. The average Bonchev–Trinajstić information content (AvgIpc) is 3.06. The van der Waals surface area contributed by atoms with E-state index in [-0.39, 0.29) is 0 Å². The molecule has 0 saturated heterocycles. The summed E-state index contributed by atoms with van der Waals surface area (Å²) >= 11 is 0. The fourth-order valence-corrected chi connectivity index (χ4v) is 2.03. The predicted molar refractivity (Wildman–Crippen MR) is 69.9 cm³/mol. The van der Waals surface area contributed by atoms with Gasteiger partial charge in [0.05, 0.1) is 12.9 Å². The first kappa shape index (κ1) is 11.6. The zero-order valence-electron chi connectivity index (χ0n) is 10.4. The van der Waals surface area contributed by atoms with Crippen LogP contribution in [0.5, 0.6) is 0 Å². The maximum Gasteiger partial charge on any atom is 0.342 e. The Labute approximate surface area is 109 Å². The van der Waals surface area contributed by atoms with Crippen LogP contribution in [0.2, 0.25) is 0 Å². The summed E-state index contributed by atoms with van der Waals surface area (Å²) in [5, 5.41) is 0.729. The summed E-state index contributed by atoms with van der Waals surface area (Å²) in [6, 6.07) is 10.8. The summed E-state index contributed by atoms with van der Waals surface area (Å²) in [6.45, 7) is 2.09. The third-order valence-electron chi connectivity index (χ3n) is 2.82. The Bertz CT molecular complexity index is 707. The van der Waals surface area contributed by atoms with Gasteiger partial charge >= 0.3 is 5.97 Å². The van der Waals surface area contributed by atoms with E-state index < -0.39 is 5.97 Å². The van der Waals surface area contributed by atoms with Crippen molar-refractivity contribution in [3.63, 3.8) is 0 Å². The molecule has 19 heavy (non-hydrogen) atoms. The van der Waals surface area contributed by atoms with Crippen LogP contribution >= 0.6 is 0 Å². The third kappa shape index (κ3) is 1.91. The first-order valence-electron chi connectivity index (χ1n) is 6.03. The Balaban J connectivity index is 2.25. The quantitative estimate of drug-likeness (QED) is 0.667. The Morgan fingerprint density at radius 3 is 2.79 bits per heavy atom. The molecule has 3 aromatic rings. The number of hydrogen-bond donors (Lipinski definition) is 0. The number of benzene rings is 1. The van der Waals surface area contributed by atoms with Gasteiger partial charge in [0.1, 0.15) is 11.1 Å². The van der Waals surface area contributed by atoms with E-state index in [1.807, 2.05) is 24.3 Å². The summed E-state index contributed by atoms with van der Waals surface area (Å²) in [6.07, 6.45) is 1.54. The molecule has 2 aromatic heterocycles. The summed E-state index contributed by atoms with van der Waals surface area (Å²) < 4.78 is 16.1. The van der Waals surface area contributed by atoms with E-state index in [2.05, 4.69) is 0 Å². The third-order valence-corrected chi connectivity index (χ3v) is 2.82. The number of fused-ring (bicyclic) bond motifs is 1. The lowest BCUT2D eigenvalue weighted by atomic mass is 10.1. The zero-order chi connectivity index (χ0) is 13.2. The lowest BCUT2D eigenvalue weighted by Gasteiger charge is -2.01. The molecular weight excluding hydrogens is 244 g/mol. The topological polar surface area (TPSA) is 52.6 Å². The number of rotatable bonds is 3. The van der Waals surface area contributed by atoms with Gasteiger partial charge in [0.15, 0.2) is 11.5 Å². The van der Waals surface area contributed by atoms with Crippen LogP contribution < -0.4 is 0 Å². The predicted octanol–water partition coefficient (Wildman–Crippen LogP) is 3.87. The molecule has 3 rings (SSSR count). The van der Waals surface area contributed by atoms with Crippen molar-refractivity contribution in [3.05, 3.63) is 48.2 Å². The second kappa shape index (κ2) is 4.65. The van der Waals surface area contributed by atoms with Gasteiger partial charge in [-0.05, 0) is 25.1 Å². The second-order valence-electron chi connectivity index (χ2n) is 4.00. The van der Waals surface area contributed by atoms with E-state index in [0.29, 0.717) is 29.3 Å². The number of hydrogen-bond acceptors (Lipinski definition) is 4. The van der Waals surface area contributed by atoms with Crippen molar-refractivity contribution in [2.75, 3.05) is 6.61 Å². The fourth-order valence-electron chi connectivity index (χ4n) is 2.03. The molecule has 2 heterocycles. The van der Waals surface area contributed by atoms with Gasteiger partial charge in [-0.1, -0.05) is 18.2 Å². The molecule has 0 spiro atoms. The normalized spacial score (nSPS) is 10.8. The molecule has 0 unspecified atom stereocenters. The molecule has 0 saturated carbocycles. The highest BCUT2D eigenvalue weighted by Crippen LogP contribution is 2.34. The maximum absolute atomic E-state index is 12.1. The number of carbonyl (C=O) groups excluding carboxylic acids is 1. The van der Waals surface area contributed by atoms with Gasteiger partial charge in [0.25, 0.3) is 0 Å². The van der Waals surface area contributed by atoms with Crippen molar-refractivity contribution in [1.82, 2.24) is 0 Å². The molecule has 4 heteroatoms. The Morgan fingerprint density at radius 1 is 1.21 bits per heavy atom. The first-order valence-corrected chi connectivity index (χ1v) is 6.03. The van der Waals surface area contributed by atoms with Gasteiger partial charge in [-0.25, -0.2) is 4.79 Å². The largest absolute Gasteiger partial charge is 0.462 e. The van der Waals surface area contributed by atoms with Gasteiger partial charge in [-0.2, -0.15) is 0 Å². The van der Waals surface area contributed by atoms with Crippen molar-refractivity contribution in [2.24, 2.45) is 0 Å². The highest BCUT2D eigenvalue weighted by molar-refractivity contribution is 6.08. The standard InChI is InChI=1S/C15H12O4/c1-2-17-15(16)13-10-6-3-4-7-11(10)19-14(13)12-8-5-9-18-12/h3-9H,2H2,1H3. The van der Waals surface area contributed by atoms with Crippen LogP contribution in [0.3, 0.4) is 0 Å². The van der Waals surface area contributed by atoms with Gasteiger partial charge in [-0.15, -0.1) is 0 Å².